The van der Waals surface area contributed by atoms with Gasteiger partial charge in [0.15, 0.2) is 0 Å². The number of carbonyl (C=O) groups is 1. The summed E-state index contributed by atoms with van der Waals surface area (Å²) >= 11 is 3.10. The van der Waals surface area contributed by atoms with Crippen molar-refractivity contribution in [2.75, 3.05) is 13.1 Å². The Morgan fingerprint density at radius 3 is 2.71 bits per heavy atom. The summed E-state index contributed by atoms with van der Waals surface area (Å²) in [6.45, 7) is 3.26. The van der Waals surface area contributed by atoms with E-state index >= 15 is 0 Å². The second kappa shape index (κ2) is 6.22. The van der Waals surface area contributed by atoms with E-state index in [1.807, 2.05) is 6.92 Å². The number of likely N-dealkylation sites (tertiary alicyclic amines) is 1. The van der Waals surface area contributed by atoms with Crippen LogP contribution in [0.1, 0.15) is 30.1 Å². The maximum atomic E-state index is 13.7. The molecular formula is C13H14BrClFNO3S. The molecule has 8 heteroatoms. The van der Waals surface area contributed by atoms with Crippen molar-refractivity contribution in [3.05, 3.63) is 28.0 Å². The third-order valence-electron chi connectivity index (χ3n) is 3.46. The highest BCUT2D eigenvalue weighted by atomic mass is 79.9. The molecule has 0 aromatic heterocycles. The summed E-state index contributed by atoms with van der Waals surface area (Å²) in [6, 6.07) is 1.94. The molecule has 0 N–H and O–H groups in total. The molecule has 1 aromatic carbocycles. The Labute approximate surface area is 135 Å². The van der Waals surface area contributed by atoms with E-state index in [9.17, 15) is 17.6 Å². The van der Waals surface area contributed by atoms with Crippen LogP contribution in [0.15, 0.2) is 21.5 Å². The Hall–Kier alpha value is -0.660. The predicted molar refractivity (Wildman–Crippen MR) is 81.4 cm³/mol. The molecule has 0 bridgehead atoms. The smallest absolute Gasteiger partial charge is 0.264 e. The Balaban J connectivity index is 2.41. The molecule has 0 aliphatic carbocycles. The van der Waals surface area contributed by atoms with Gasteiger partial charge in [-0.15, -0.1) is 0 Å². The SMILES string of the molecule is CC1CCCN(C(=O)c2cc(S(=O)(=O)Cl)c(F)cc2Br)C1. The zero-order valence-electron chi connectivity index (χ0n) is 11.3. The van der Waals surface area contributed by atoms with Crippen LogP contribution in [-0.2, 0) is 9.05 Å². The van der Waals surface area contributed by atoms with Crippen LogP contribution in [0.2, 0.25) is 0 Å². The molecular weight excluding hydrogens is 385 g/mol. The highest BCUT2D eigenvalue weighted by Crippen LogP contribution is 2.28. The summed E-state index contributed by atoms with van der Waals surface area (Å²) < 4.78 is 36.6. The predicted octanol–water partition coefficient (Wildman–Crippen LogP) is 3.39. The van der Waals surface area contributed by atoms with Crippen molar-refractivity contribution in [3.8, 4) is 0 Å². The van der Waals surface area contributed by atoms with E-state index in [1.54, 1.807) is 4.90 Å². The molecule has 0 saturated carbocycles. The van der Waals surface area contributed by atoms with Gasteiger partial charge in [-0.3, -0.25) is 4.79 Å². The van der Waals surface area contributed by atoms with E-state index in [0.29, 0.717) is 19.0 Å². The average Bonchev–Trinajstić information content (AvgIpc) is 2.36. The second-order valence-electron chi connectivity index (χ2n) is 5.20. The summed E-state index contributed by atoms with van der Waals surface area (Å²) in [5.41, 5.74) is 0.102. The molecule has 1 saturated heterocycles. The fourth-order valence-electron chi connectivity index (χ4n) is 2.42. The van der Waals surface area contributed by atoms with Crippen LogP contribution >= 0.6 is 26.6 Å². The van der Waals surface area contributed by atoms with Crippen LogP contribution in [0, 0.1) is 11.7 Å². The van der Waals surface area contributed by atoms with Crippen molar-refractivity contribution in [1.29, 1.82) is 0 Å². The normalized spacial score (nSPS) is 19.6. The van der Waals surface area contributed by atoms with Crippen LogP contribution in [0.5, 0.6) is 0 Å². The quantitative estimate of drug-likeness (QED) is 0.718. The number of amides is 1. The molecule has 1 aliphatic rings. The lowest BCUT2D eigenvalue weighted by molar-refractivity contribution is 0.0681. The van der Waals surface area contributed by atoms with Crippen LogP contribution in [-0.4, -0.2) is 32.3 Å². The van der Waals surface area contributed by atoms with E-state index in [1.165, 1.54) is 0 Å². The monoisotopic (exact) mass is 397 g/mol. The second-order valence-corrected chi connectivity index (χ2v) is 8.59. The lowest BCUT2D eigenvalue weighted by atomic mass is 9.99. The third kappa shape index (κ3) is 3.76. The Morgan fingerprint density at radius 1 is 1.48 bits per heavy atom. The van der Waals surface area contributed by atoms with Gasteiger partial charge in [0.05, 0.1) is 5.56 Å². The van der Waals surface area contributed by atoms with Gasteiger partial charge < -0.3 is 4.90 Å². The Morgan fingerprint density at radius 2 is 2.14 bits per heavy atom. The summed E-state index contributed by atoms with van der Waals surface area (Å²) in [5.74, 6) is -0.923. The zero-order valence-corrected chi connectivity index (χ0v) is 14.4. The number of carbonyl (C=O) groups excluding carboxylic acids is 1. The van der Waals surface area contributed by atoms with Crippen LogP contribution in [0.25, 0.3) is 0 Å². The number of hydrogen-bond acceptors (Lipinski definition) is 3. The third-order valence-corrected chi connectivity index (χ3v) is 5.45. The number of halogens is 3. The summed E-state index contributed by atoms with van der Waals surface area (Å²) in [6.07, 6.45) is 1.95. The van der Waals surface area contributed by atoms with Crippen molar-refractivity contribution in [2.24, 2.45) is 5.92 Å². The van der Waals surface area contributed by atoms with Gasteiger partial charge >= 0.3 is 0 Å². The first kappa shape index (κ1) is 16.7. The van der Waals surface area contributed by atoms with Crippen molar-refractivity contribution in [1.82, 2.24) is 4.90 Å². The van der Waals surface area contributed by atoms with Gasteiger partial charge in [0.1, 0.15) is 10.7 Å². The van der Waals surface area contributed by atoms with Crippen molar-refractivity contribution in [3.63, 3.8) is 0 Å². The Kier molecular flexibility index (Phi) is 4.95. The van der Waals surface area contributed by atoms with Gasteiger partial charge in [-0.2, -0.15) is 0 Å². The van der Waals surface area contributed by atoms with Crippen molar-refractivity contribution in [2.45, 2.75) is 24.7 Å². The number of nitrogens with zero attached hydrogens (tertiary/aromatic N) is 1. The Bertz CT molecular complexity index is 680. The summed E-state index contributed by atoms with van der Waals surface area (Å²) in [5, 5.41) is 0. The zero-order chi connectivity index (χ0) is 15.8. The first-order valence-corrected chi connectivity index (χ1v) is 9.53. The van der Waals surface area contributed by atoms with Gasteiger partial charge in [-0.1, -0.05) is 6.92 Å². The van der Waals surface area contributed by atoms with Gasteiger partial charge in [-0.25, -0.2) is 12.8 Å². The molecule has 1 aliphatic heterocycles. The largest absolute Gasteiger partial charge is 0.338 e. The van der Waals surface area contributed by atoms with E-state index in [4.69, 9.17) is 10.7 Å². The van der Waals surface area contributed by atoms with Gasteiger partial charge in [-0.05, 0) is 46.8 Å². The van der Waals surface area contributed by atoms with Gasteiger partial charge in [0, 0.05) is 28.2 Å². The molecule has 1 fully saturated rings. The maximum Gasteiger partial charge on any atom is 0.264 e. The molecule has 1 atom stereocenters. The molecule has 1 heterocycles. The summed E-state index contributed by atoms with van der Waals surface area (Å²) in [7, 11) is 0.952. The lowest BCUT2D eigenvalue weighted by Crippen LogP contribution is -2.39. The van der Waals surface area contributed by atoms with Crippen LogP contribution in [0.3, 0.4) is 0 Å². The number of piperidine rings is 1. The van der Waals surface area contributed by atoms with E-state index in [-0.39, 0.29) is 15.9 Å². The van der Waals surface area contributed by atoms with E-state index < -0.39 is 19.8 Å². The van der Waals surface area contributed by atoms with Crippen molar-refractivity contribution < 1.29 is 17.6 Å². The molecule has 116 valence electrons. The van der Waals surface area contributed by atoms with Crippen molar-refractivity contribution >= 4 is 41.6 Å². The lowest BCUT2D eigenvalue weighted by Gasteiger charge is -2.31. The number of hydrogen-bond donors (Lipinski definition) is 0. The number of benzene rings is 1. The molecule has 0 spiro atoms. The standard InChI is InChI=1S/C13H14BrClFNO3S/c1-8-3-2-4-17(7-8)13(18)9-5-12(21(15,19)20)11(16)6-10(9)14/h5-6,8H,2-4,7H2,1H3. The minimum Gasteiger partial charge on any atom is -0.338 e. The molecule has 2 rings (SSSR count). The first-order chi connectivity index (χ1) is 9.70. The van der Waals surface area contributed by atoms with E-state index in [2.05, 4.69) is 15.9 Å². The van der Waals surface area contributed by atoms with Crippen LogP contribution < -0.4 is 0 Å². The molecule has 0 radical (unpaired) electrons. The minimum atomic E-state index is -4.24. The fraction of sp³-hybridized carbons (Fsp3) is 0.462. The molecule has 4 nitrogen and oxygen atoms in total. The van der Waals surface area contributed by atoms with Gasteiger partial charge in [0.2, 0.25) is 0 Å². The van der Waals surface area contributed by atoms with Gasteiger partial charge in [0.25, 0.3) is 15.0 Å². The summed E-state index contributed by atoms with van der Waals surface area (Å²) in [4.78, 5) is 13.5. The first-order valence-electron chi connectivity index (χ1n) is 6.43. The highest BCUT2D eigenvalue weighted by molar-refractivity contribution is 9.10. The molecule has 21 heavy (non-hydrogen) atoms. The average molecular weight is 399 g/mol. The molecule has 1 aromatic rings. The highest BCUT2D eigenvalue weighted by Gasteiger charge is 2.26. The molecule has 1 unspecified atom stereocenters. The maximum absolute atomic E-state index is 13.7. The fourth-order valence-corrected chi connectivity index (χ4v) is 3.81. The number of rotatable bonds is 2. The van der Waals surface area contributed by atoms with E-state index in [0.717, 1.165) is 25.0 Å². The molecule has 1 amide bonds. The topological polar surface area (TPSA) is 54.5 Å². The van der Waals surface area contributed by atoms with Crippen LogP contribution in [0.4, 0.5) is 4.39 Å². The minimum absolute atomic E-state index is 0.102.